The highest BCUT2D eigenvalue weighted by atomic mass is 19.1. The summed E-state index contributed by atoms with van der Waals surface area (Å²) in [4.78, 5) is 13.8. The summed E-state index contributed by atoms with van der Waals surface area (Å²) in [6.45, 7) is 1.57. The van der Waals surface area contributed by atoms with Crippen LogP contribution in [-0.2, 0) is 0 Å². The Balaban J connectivity index is 2.54. The lowest BCUT2D eigenvalue weighted by Gasteiger charge is -2.14. The van der Waals surface area contributed by atoms with Gasteiger partial charge in [0.15, 0.2) is 5.76 Å². The van der Waals surface area contributed by atoms with Crippen LogP contribution in [0.5, 0.6) is 0 Å². The molecule has 2 rings (SSSR count). The van der Waals surface area contributed by atoms with Crippen molar-refractivity contribution in [2.45, 2.75) is 13.0 Å². The van der Waals surface area contributed by atoms with E-state index in [4.69, 9.17) is 10.9 Å². The zero-order valence-electron chi connectivity index (χ0n) is 12.2. The smallest absolute Gasteiger partial charge is 0.260 e. The fourth-order valence-corrected chi connectivity index (χ4v) is 2.00. The van der Waals surface area contributed by atoms with Crippen molar-refractivity contribution in [2.75, 3.05) is 13.6 Å². The average molecular weight is 302 g/mol. The maximum atomic E-state index is 13.0. The molecule has 0 saturated heterocycles. The number of terminal acetylenes is 1. The van der Waals surface area contributed by atoms with E-state index in [1.807, 2.05) is 0 Å². The lowest BCUT2D eigenvalue weighted by atomic mass is 10.0. The molecule has 0 saturated carbocycles. The molecule has 6 heteroatoms. The average Bonchev–Trinajstić information content (AvgIpc) is 2.92. The van der Waals surface area contributed by atoms with Crippen molar-refractivity contribution in [3.8, 4) is 23.6 Å². The summed E-state index contributed by atoms with van der Waals surface area (Å²) in [5.74, 6) is 1.59. The van der Waals surface area contributed by atoms with E-state index in [-0.39, 0.29) is 23.6 Å². The molecule has 1 N–H and O–H groups in total. The molecule has 22 heavy (non-hydrogen) atoms. The molecule has 2 aromatic rings. The summed E-state index contributed by atoms with van der Waals surface area (Å²) < 4.78 is 18.1. The summed E-state index contributed by atoms with van der Waals surface area (Å²) in [6, 6.07) is 5.48. The Morgan fingerprint density at radius 1 is 1.50 bits per heavy atom. The van der Waals surface area contributed by atoms with Crippen LogP contribution in [0.4, 0.5) is 4.39 Å². The van der Waals surface area contributed by atoms with E-state index < -0.39 is 17.8 Å². The number of aromatic nitrogens is 1. The number of carbonyl (C=O) groups excluding carboxylic acids is 1. The van der Waals surface area contributed by atoms with Gasteiger partial charge in [0, 0.05) is 12.6 Å². The van der Waals surface area contributed by atoms with E-state index >= 15 is 0 Å². The predicted molar refractivity (Wildman–Crippen MR) is 78.3 cm³/mol. The molecule has 0 radical (unpaired) electrons. The van der Waals surface area contributed by atoms with Gasteiger partial charge >= 0.3 is 0 Å². The fourth-order valence-electron chi connectivity index (χ4n) is 2.00. The van der Waals surface area contributed by atoms with Crippen LogP contribution in [0.15, 0.2) is 28.8 Å². The van der Waals surface area contributed by atoms with Crippen molar-refractivity contribution in [2.24, 2.45) is 0 Å². The van der Waals surface area contributed by atoms with Gasteiger partial charge in [-0.25, -0.2) is 4.39 Å². The topological polar surface area (TPSA) is 66.6 Å². The first kappa shape index (κ1) is 15.7. The van der Waals surface area contributed by atoms with Gasteiger partial charge < -0.3 is 14.5 Å². The van der Waals surface area contributed by atoms with E-state index in [1.54, 1.807) is 0 Å². The van der Waals surface area contributed by atoms with Crippen molar-refractivity contribution in [1.82, 2.24) is 10.1 Å². The van der Waals surface area contributed by atoms with Gasteiger partial charge in [0.05, 0.1) is 6.54 Å². The number of amides is 1. The Morgan fingerprint density at radius 2 is 2.14 bits per heavy atom. The Bertz CT molecular complexity index is 714. The van der Waals surface area contributed by atoms with Gasteiger partial charge in [-0.3, -0.25) is 4.79 Å². The number of aliphatic hydroxyl groups is 1. The van der Waals surface area contributed by atoms with Gasteiger partial charge in [0.25, 0.3) is 5.91 Å². The van der Waals surface area contributed by atoms with E-state index in [1.165, 1.54) is 43.1 Å². The van der Waals surface area contributed by atoms with Crippen LogP contribution in [0.1, 0.15) is 29.1 Å². The Kier molecular flexibility index (Phi) is 4.59. The summed E-state index contributed by atoms with van der Waals surface area (Å²) >= 11 is 0. The van der Waals surface area contributed by atoms with Gasteiger partial charge in [0.2, 0.25) is 0 Å². The van der Waals surface area contributed by atoms with Crippen LogP contribution in [-0.4, -0.2) is 34.7 Å². The minimum absolute atomic E-state index is 0.0493. The van der Waals surface area contributed by atoms with Crippen molar-refractivity contribution in [3.05, 3.63) is 41.4 Å². The van der Waals surface area contributed by atoms with Gasteiger partial charge in [-0.15, -0.1) is 6.42 Å². The summed E-state index contributed by atoms with van der Waals surface area (Å²) in [5, 5.41) is 13.6. The quantitative estimate of drug-likeness (QED) is 0.880. The van der Waals surface area contributed by atoms with E-state index in [0.717, 1.165) is 0 Å². The second kappa shape index (κ2) is 6.41. The van der Waals surface area contributed by atoms with E-state index in [0.29, 0.717) is 5.56 Å². The van der Waals surface area contributed by atoms with Gasteiger partial charge in [0.1, 0.15) is 23.2 Å². The molecule has 1 aromatic heterocycles. The molecular formula is C16H15FN2O3. The zero-order valence-corrected chi connectivity index (χ0v) is 12.2. The number of hydrogen-bond acceptors (Lipinski definition) is 4. The molecule has 1 unspecified atom stereocenters. The van der Waals surface area contributed by atoms with Crippen molar-refractivity contribution in [3.63, 3.8) is 0 Å². The third-order valence-corrected chi connectivity index (χ3v) is 3.10. The lowest BCUT2D eigenvalue weighted by Crippen LogP contribution is -2.28. The fraction of sp³-hybridized carbons (Fsp3) is 0.250. The van der Waals surface area contributed by atoms with Crippen LogP contribution in [0.25, 0.3) is 11.3 Å². The van der Waals surface area contributed by atoms with Gasteiger partial charge in [-0.1, -0.05) is 11.1 Å². The molecule has 5 nitrogen and oxygen atoms in total. The van der Waals surface area contributed by atoms with Crippen LogP contribution in [0, 0.1) is 18.2 Å². The highest BCUT2D eigenvalue weighted by Crippen LogP contribution is 2.30. The lowest BCUT2D eigenvalue weighted by molar-refractivity contribution is 0.0800. The number of benzene rings is 1. The summed E-state index contributed by atoms with van der Waals surface area (Å²) in [5.41, 5.74) is 0.874. The maximum Gasteiger partial charge on any atom is 0.260 e. The number of nitrogens with zero attached hydrogens (tertiary/aromatic N) is 2. The molecule has 1 amide bonds. The monoisotopic (exact) mass is 302 g/mol. The zero-order chi connectivity index (χ0) is 16.3. The summed E-state index contributed by atoms with van der Waals surface area (Å²) in [7, 11) is 1.54. The molecule has 0 aliphatic carbocycles. The largest absolute Gasteiger partial charge is 0.385 e. The second-order valence-corrected chi connectivity index (χ2v) is 4.82. The highest BCUT2D eigenvalue weighted by molar-refractivity contribution is 6.01. The predicted octanol–water partition coefficient (Wildman–Crippen LogP) is 2.24. The standard InChI is InChI=1S/C16H15FN2O3/c1-4-9-19(3)16(21)13-14(18-22-15(13)10(2)20)11-5-7-12(17)8-6-11/h1,5-8,10,20H,9H2,2-3H3. The third-order valence-electron chi connectivity index (χ3n) is 3.10. The SMILES string of the molecule is C#CCN(C)C(=O)c1c(-c2ccc(F)cc2)noc1C(C)O. The molecule has 1 heterocycles. The maximum absolute atomic E-state index is 13.0. The first-order valence-corrected chi connectivity index (χ1v) is 6.58. The van der Waals surface area contributed by atoms with Crippen molar-refractivity contribution < 1.29 is 18.8 Å². The highest BCUT2D eigenvalue weighted by Gasteiger charge is 2.28. The number of hydrogen-bond donors (Lipinski definition) is 1. The molecule has 0 bridgehead atoms. The second-order valence-electron chi connectivity index (χ2n) is 4.82. The molecule has 0 fully saturated rings. The molecule has 1 aromatic carbocycles. The molecule has 114 valence electrons. The number of rotatable bonds is 4. The van der Waals surface area contributed by atoms with E-state index in [9.17, 15) is 14.3 Å². The van der Waals surface area contributed by atoms with Crippen LogP contribution < -0.4 is 0 Å². The molecule has 0 aliphatic heterocycles. The first-order chi connectivity index (χ1) is 10.5. The Hall–Kier alpha value is -2.65. The van der Waals surface area contributed by atoms with Gasteiger partial charge in [-0.05, 0) is 31.2 Å². The number of aliphatic hydroxyl groups excluding tert-OH is 1. The van der Waals surface area contributed by atoms with Crippen LogP contribution >= 0.6 is 0 Å². The van der Waals surface area contributed by atoms with Crippen LogP contribution in [0.2, 0.25) is 0 Å². The molecule has 0 spiro atoms. The number of carbonyl (C=O) groups is 1. The Labute approximate surface area is 127 Å². The molecular weight excluding hydrogens is 287 g/mol. The normalized spacial score (nSPS) is 11.8. The Morgan fingerprint density at radius 3 is 2.68 bits per heavy atom. The minimum Gasteiger partial charge on any atom is -0.385 e. The van der Waals surface area contributed by atoms with Crippen molar-refractivity contribution in [1.29, 1.82) is 0 Å². The molecule has 1 atom stereocenters. The molecule has 0 aliphatic rings. The van der Waals surface area contributed by atoms with Crippen molar-refractivity contribution >= 4 is 5.91 Å². The van der Waals surface area contributed by atoms with E-state index in [2.05, 4.69) is 11.1 Å². The number of halogens is 1. The first-order valence-electron chi connectivity index (χ1n) is 6.58. The minimum atomic E-state index is -1.01. The third kappa shape index (κ3) is 3.00. The van der Waals surface area contributed by atoms with Crippen LogP contribution in [0.3, 0.4) is 0 Å². The van der Waals surface area contributed by atoms with Gasteiger partial charge in [-0.2, -0.15) is 0 Å². The summed E-state index contributed by atoms with van der Waals surface area (Å²) in [6.07, 6.45) is 4.20.